The Hall–Kier alpha value is -3.21. The molecule has 0 aliphatic carbocycles. The summed E-state index contributed by atoms with van der Waals surface area (Å²) in [5.41, 5.74) is 1.20. The molecule has 0 atom stereocenters. The third-order valence-corrected chi connectivity index (χ3v) is 5.94. The molecule has 10 heteroatoms. The summed E-state index contributed by atoms with van der Waals surface area (Å²) in [4.78, 5) is 22.8. The number of benzene rings is 2. The summed E-state index contributed by atoms with van der Waals surface area (Å²) in [7, 11) is 0.0654. The van der Waals surface area contributed by atoms with E-state index in [4.69, 9.17) is 0 Å². The van der Waals surface area contributed by atoms with Crippen molar-refractivity contribution in [3.05, 3.63) is 77.9 Å². The molecule has 2 aromatic carbocycles. The molecule has 0 fully saturated rings. The summed E-state index contributed by atoms with van der Waals surface area (Å²) in [6.07, 6.45) is 1.43. The Balaban J connectivity index is 1.67. The fraction of sp³-hybridized carbons (Fsp3) is 0.227. The lowest BCUT2D eigenvalue weighted by Gasteiger charge is -2.12. The van der Waals surface area contributed by atoms with Crippen molar-refractivity contribution in [2.45, 2.75) is 11.4 Å². The minimum absolute atomic E-state index is 0.110. The van der Waals surface area contributed by atoms with Crippen molar-refractivity contribution in [2.24, 2.45) is 0 Å². The second-order valence-corrected chi connectivity index (χ2v) is 9.07. The fourth-order valence-electron chi connectivity index (χ4n) is 2.83. The van der Waals surface area contributed by atoms with Crippen molar-refractivity contribution in [3.8, 4) is 11.4 Å². The Morgan fingerprint density at radius 2 is 1.88 bits per heavy atom. The van der Waals surface area contributed by atoms with Gasteiger partial charge in [0, 0.05) is 31.4 Å². The van der Waals surface area contributed by atoms with Crippen molar-refractivity contribution in [1.82, 2.24) is 24.9 Å². The van der Waals surface area contributed by atoms with Crippen molar-refractivity contribution >= 4 is 15.9 Å². The van der Waals surface area contributed by atoms with Crippen LogP contribution < -0.4 is 10.0 Å². The smallest absolute Gasteiger partial charge is 0.270 e. The highest BCUT2D eigenvalue weighted by Gasteiger charge is 2.15. The molecular weight excluding hydrogens is 433 g/mol. The minimum Gasteiger partial charge on any atom is -0.347 e. The lowest BCUT2D eigenvalue weighted by atomic mass is 10.2. The molecule has 0 spiro atoms. The van der Waals surface area contributed by atoms with E-state index >= 15 is 0 Å². The van der Waals surface area contributed by atoms with Crippen molar-refractivity contribution < 1.29 is 17.6 Å². The number of carbonyl (C=O) groups is 1. The number of nitrogens with one attached hydrogen (secondary N) is 2. The number of likely N-dealkylation sites (N-methyl/N-ethyl adjacent to an activating group) is 1. The molecule has 0 bridgehead atoms. The van der Waals surface area contributed by atoms with E-state index in [9.17, 15) is 17.6 Å². The van der Waals surface area contributed by atoms with Crippen LogP contribution in [-0.4, -0.2) is 56.4 Å². The van der Waals surface area contributed by atoms with E-state index < -0.39 is 21.7 Å². The largest absolute Gasteiger partial charge is 0.347 e. The number of nitrogens with zero attached hydrogens (tertiary/aromatic N) is 3. The van der Waals surface area contributed by atoms with Crippen LogP contribution in [0.2, 0.25) is 0 Å². The highest BCUT2D eigenvalue weighted by Crippen LogP contribution is 2.16. The monoisotopic (exact) mass is 457 g/mol. The molecule has 1 amide bonds. The lowest BCUT2D eigenvalue weighted by molar-refractivity contribution is 0.0946. The van der Waals surface area contributed by atoms with Crippen LogP contribution in [-0.2, 0) is 16.6 Å². The van der Waals surface area contributed by atoms with Crippen LogP contribution >= 0.6 is 0 Å². The Labute approximate surface area is 186 Å². The van der Waals surface area contributed by atoms with E-state index in [-0.39, 0.29) is 29.5 Å². The van der Waals surface area contributed by atoms with Crippen molar-refractivity contribution in [1.29, 1.82) is 0 Å². The number of carbonyl (C=O) groups excluding carboxylic acids is 1. The summed E-state index contributed by atoms with van der Waals surface area (Å²) < 4.78 is 40.9. The Morgan fingerprint density at radius 3 is 2.62 bits per heavy atom. The molecule has 1 heterocycles. The molecule has 3 rings (SSSR count). The first kappa shape index (κ1) is 23.5. The van der Waals surface area contributed by atoms with Crippen LogP contribution in [0.25, 0.3) is 11.4 Å². The van der Waals surface area contributed by atoms with Gasteiger partial charge in [0.25, 0.3) is 5.91 Å². The number of rotatable bonds is 9. The normalized spacial score (nSPS) is 11.5. The number of hydrogen-bond donors (Lipinski definition) is 2. The topological polar surface area (TPSA) is 104 Å². The second kappa shape index (κ2) is 10.4. The van der Waals surface area contributed by atoms with Gasteiger partial charge in [0.15, 0.2) is 5.82 Å². The molecule has 0 saturated heterocycles. The first-order chi connectivity index (χ1) is 15.2. The Morgan fingerprint density at radius 1 is 1.09 bits per heavy atom. The van der Waals surface area contributed by atoms with E-state index in [1.165, 1.54) is 42.6 Å². The van der Waals surface area contributed by atoms with Gasteiger partial charge < -0.3 is 10.2 Å². The molecule has 8 nitrogen and oxygen atoms in total. The number of aromatic nitrogens is 2. The molecule has 1 aromatic heterocycles. The van der Waals surface area contributed by atoms with Gasteiger partial charge in [-0.05, 0) is 50.0 Å². The number of sulfonamides is 1. The van der Waals surface area contributed by atoms with Crippen LogP contribution in [0.1, 0.15) is 16.1 Å². The quantitative estimate of drug-likeness (QED) is 0.510. The molecule has 0 radical (unpaired) electrons. The predicted octanol–water partition coefficient (Wildman–Crippen LogP) is 2.05. The molecule has 168 valence electrons. The maximum atomic E-state index is 13.5. The highest BCUT2D eigenvalue weighted by molar-refractivity contribution is 7.89. The van der Waals surface area contributed by atoms with Crippen LogP contribution in [0, 0.1) is 5.82 Å². The second-order valence-electron chi connectivity index (χ2n) is 7.31. The summed E-state index contributed by atoms with van der Waals surface area (Å²) >= 11 is 0. The standard InChI is InChI=1S/C22H24FN5O3S/c1-28(2)12-11-26-32(30,31)19-8-3-5-16(13-19)15-25-22(29)20-9-10-24-21(27-20)17-6-4-7-18(23)14-17/h3-10,13-14,26H,11-12,15H2,1-2H3,(H,25,29). The molecule has 2 N–H and O–H groups in total. The van der Waals surface area contributed by atoms with E-state index in [1.807, 2.05) is 19.0 Å². The first-order valence-electron chi connectivity index (χ1n) is 9.85. The number of halogens is 1. The van der Waals surface area contributed by atoms with Gasteiger partial charge in [0.05, 0.1) is 4.90 Å². The average molecular weight is 458 g/mol. The summed E-state index contributed by atoms with van der Waals surface area (Å²) in [5, 5.41) is 2.72. The van der Waals surface area contributed by atoms with Gasteiger partial charge in [-0.1, -0.05) is 24.3 Å². The van der Waals surface area contributed by atoms with Gasteiger partial charge >= 0.3 is 0 Å². The summed E-state index contributed by atoms with van der Waals surface area (Å²) in [6.45, 7) is 0.975. The summed E-state index contributed by atoms with van der Waals surface area (Å²) in [6, 6.07) is 13.6. The van der Waals surface area contributed by atoms with Crippen molar-refractivity contribution in [3.63, 3.8) is 0 Å². The molecule has 32 heavy (non-hydrogen) atoms. The fourth-order valence-corrected chi connectivity index (χ4v) is 3.93. The lowest BCUT2D eigenvalue weighted by Crippen LogP contribution is -2.31. The zero-order valence-corrected chi connectivity index (χ0v) is 18.6. The Bertz CT molecular complexity index is 1200. The van der Waals surface area contributed by atoms with Crippen LogP contribution in [0.4, 0.5) is 4.39 Å². The van der Waals surface area contributed by atoms with Crippen LogP contribution in [0.5, 0.6) is 0 Å². The molecule has 0 aliphatic heterocycles. The van der Waals surface area contributed by atoms with Crippen molar-refractivity contribution in [2.75, 3.05) is 27.2 Å². The van der Waals surface area contributed by atoms with E-state index in [2.05, 4.69) is 20.0 Å². The number of amides is 1. The molecule has 0 aliphatic rings. The van der Waals surface area contributed by atoms with E-state index in [1.54, 1.807) is 18.2 Å². The van der Waals surface area contributed by atoms with Gasteiger partial charge in [-0.15, -0.1) is 0 Å². The molecule has 0 saturated carbocycles. The Kier molecular flexibility index (Phi) is 7.62. The maximum absolute atomic E-state index is 13.5. The van der Waals surface area contributed by atoms with Gasteiger partial charge in [-0.25, -0.2) is 27.5 Å². The van der Waals surface area contributed by atoms with Gasteiger partial charge in [-0.2, -0.15) is 0 Å². The SMILES string of the molecule is CN(C)CCNS(=O)(=O)c1cccc(CNC(=O)c2ccnc(-c3cccc(F)c3)n2)c1. The van der Waals surface area contributed by atoms with Gasteiger partial charge in [-0.3, -0.25) is 4.79 Å². The molecular formula is C22H24FN5O3S. The third kappa shape index (κ3) is 6.39. The zero-order chi connectivity index (χ0) is 23.1. The van der Waals surface area contributed by atoms with Gasteiger partial charge in [0.1, 0.15) is 11.5 Å². The third-order valence-electron chi connectivity index (χ3n) is 4.48. The average Bonchev–Trinajstić information content (AvgIpc) is 2.77. The molecule has 0 unspecified atom stereocenters. The maximum Gasteiger partial charge on any atom is 0.270 e. The minimum atomic E-state index is -3.65. The highest BCUT2D eigenvalue weighted by atomic mass is 32.2. The van der Waals surface area contributed by atoms with Crippen LogP contribution in [0.15, 0.2) is 65.7 Å². The zero-order valence-electron chi connectivity index (χ0n) is 17.7. The molecule has 3 aromatic rings. The van der Waals surface area contributed by atoms with E-state index in [0.29, 0.717) is 17.7 Å². The van der Waals surface area contributed by atoms with Gasteiger partial charge in [0.2, 0.25) is 10.0 Å². The predicted molar refractivity (Wildman–Crippen MR) is 119 cm³/mol. The first-order valence-corrected chi connectivity index (χ1v) is 11.3. The van der Waals surface area contributed by atoms with E-state index in [0.717, 1.165) is 0 Å². The number of hydrogen-bond acceptors (Lipinski definition) is 6. The summed E-state index contributed by atoms with van der Waals surface area (Å²) in [5.74, 6) is -0.650. The van der Waals surface area contributed by atoms with Crippen LogP contribution in [0.3, 0.4) is 0 Å².